The highest BCUT2D eigenvalue weighted by atomic mass is 16.5. The van der Waals surface area contributed by atoms with E-state index in [-0.39, 0.29) is 0 Å². The van der Waals surface area contributed by atoms with Gasteiger partial charge in [-0.05, 0) is 61.6 Å². The van der Waals surface area contributed by atoms with E-state index < -0.39 is 12.0 Å². The van der Waals surface area contributed by atoms with Crippen LogP contribution in [0.25, 0.3) is 21.9 Å². The molecule has 2 heterocycles. The number of aliphatic carboxylic acids is 1. The molecule has 0 fully saturated rings. The molecule has 0 aliphatic heterocycles. The minimum absolute atomic E-state index is 0.454. The van der Waals surface area contributed by atoms with Crippen molar-refractivity contribution in [1.82, 2.24) is 4.57 Å². The topological polar surface area (TPSA) is 64.6 Å². The lowest BCUT2D eigenvalue weighted by molar-refractivity contribution is -0.139. The van der Waals surface area contributed by atoms with Gasteiger partial charge in [-0.1, -0.05) is 18.2 Å². The van der Waals surface area contributed by atoms with Crippen LogP contribution in [-0.2, 0) is 17.6 Å². The molecule has 0 saturated carbocycles. The quantitative estimate of drug-likeness (QED) is 0.548. The Morgan fingerprint density at radius 1 is 1.14 bits per heavy atom. The number of rotatable bonds is 4. The van der Waals surface area contributed by atoms with Gasteiger partial charge in [-0.15, -0.1) is 0 Å². The Morgan fingerprint density at radius 3 is 2.75 bits per heavy atom. The molecule has 5 heteroatoms. The SMILES string of the molecule is COc1ccc2c(c1)c1c(n2C(C(=O)O)c2cc3ccccc3o2)CCCC1. The second-order valence-electron chi connectivity index (χ2n) is 7.31. The number of fused-ring (bicyclic) bond motifs is 4. The second-order valence-corrected chi connectivity index (χ2v) is 7.31. The molecule has 4 aromatic rings. The molecule has 1 N–H and O–H groups in total. The largest absolute Gasteiger partial charge is 0.497 e. The van der Waals surface area contributed by atoms with E-state index in [2.05, 4.69) is 0 Å². The first-order valence-electron chi connectivity index (χ1n) is 9.58. The minimum Gasteiger partial charge on any atom is -0.497 e. The Bertz CT molecular complexity index is 1170. The van der Waals surface area contributed by atoms with Crippen LogP contribution < -0.4 is 4.74 Å². The molecule has 2 aromatic heterocycles. The van der Waals surface area contributed by atoms with Gasteiger partial charge in [-0.3, -0.25) is 0 Å². The lowest BCUT2D eigenvalue weighted by Gasteiger charge is -2.20. The van der Waals surface area contributed by atoms with Crippen molar-refractivity contribution >= 4 is 27.8 Å². The zero-order chi connectivity index (χ0) is 19.3. The third kappa shape index (κ3) is 2.50. The summed E-state index contributed by atoms with van der Waals surface area (Å²) in [7, 11) is 1.65. The highest BCUT2D eigenvalue weighted by Gasteiger charge is 2.32. The van der Waals surface area contributed by atoms with Crippen molar-refractivity contribution in [3.05, 3.63) is 65.5 Å². The van der Waals surface area contributed by atoms with Crippen molar-refractivity contribution in [1.29, 1.82) is 0 Å². The number of carbonyl (C=O) groups is 1. The van der Waals surface area contributed by atoms with E-state index in [1.54, 1.807) is 7.11 Å². The van der Waals surface area contributed by atoms with E-state index in [1.165, 1.54) is 5.56 Å². The zero-order valence-corrected chi connectivity index (χ0v) is 15.6. The van der Waals surface area contributed by atoms with Crippen LogP contribution in [-0.4, -0.2) is 22.8 Å². The number of ether oxygens (including phenoxy) is 1. The monoisotopic (exact) mass is 375 g/mol. The zero-order valence-electron chi connectivity index (χ0n) is 15.6. The Hall–Kier alpha value is -3.21. The number of aryl methyl sites for hydroxylation is 1. The maximum absolute atomic E-state index is 12.4. The molecule has 0 amide bonds. The number of hydrogen-bond donors (Lipinski definition) is 1. The maximum atomic E-state index is 12.4. The standard InChI is InChI=1S/C23H21NO4/c1-27-15-10-11-19-17(13-15)16-7-3-4-8-18(16)24(19)22(23(25)26)21-12-14-6-2-5-9-20(14)28-21/h2,5-6,9-13,22H,3-4,7-8H2,1H3,(H,25,26). The fraction of sp³-hybridized carbons (Fsp3) is 0.261. The van der Waals surface area contributed by atoms with Crippen LogP contribution in [0.2, 0.25) is 0 Å². The summed E-state index contributed by atoms with van der Waals surface area (Å²) in [4.78, 5) is 12.4. The smallest absolute Gasteiger partial charge is 0.334 e. The second kappa shape index (κ2) is 6.44. The summed E-state index contributed by atoms with van der Waals surface area (Å²) in [6.07, 6.45) is 4.01. The molecule has 1 aliphatic rings. The van der Waals surface area contributed by atoms with Crippen LogP contribution in [0.3, 0.4) is 0 Å². The highest BCUT2D eigenvalue weighted by molar-refractivity contribution is 5.90. The van der Waals surface area contributed by atoms with Crippen LogP contribution in [0.1, 0.15) is 35.9 Å². The molecule has 0 bridgehead atoms. The van der Waals surface area contributed by atoms with Crippen molar-refractivity contribution in [2.24, 2.45) is 0 Å². The molecular formula is C23H21NO4. The van der Waals surface area contributed by atoms with Gasteiger partial charge in [0.05, 0.1) is 7.11 Å². The summed E-state index contributed by atoms with van der Waals surface area (Å²) in [6, 6.07) is 14.5. The number of furan rings is 1. The van der Waals surface area contributed by atoms with E-state index in [0.29, 0.717) is 11.3 Å². The minimum atomic E-state index is -0.917. The number of para-hydroxylation sites is 1. The van der Waals surface area contributed by atoms with Crippen molar-refractivity contribution < 1.29 is 19.1 Å². The molecule has 0 radical (unpaired) electrons. The van der Waals surface area contributed by atoms with Crippen LogP contribution >= 0.6 is 0 Å². The van der Waals surface area contributed by atoms with Crippen LogP contribution in [0.4, 0.5) is 0 Å². The van der Waals surface area contributed by atoms with E-state index in [4.69, 9.17) is 9.15 Å². The van der Waals surface area contributed by atoms with Crippen LogP contribution in [0.15, 0.2) is 52.9 Å². The van der Waals surface area contributed by atoms with Gasteiger partial charge in [0.2, 0.25) is 0 Å². The molecule has 142 valence electrons. The van der Waals surface area contributed by atoms with Gasteiger partial charge in [0.15, 0.2) is 6.04 Å². The van der Waals surface area contributed by atoms with Crippen LogP contribution in [0.5, 0.6) is 5.75 Å². The number of benzene rings is 2. The summed E-state index contributed by atoms with van der Waals surface area (Å²) in [5, 5.41) is 12.2. The summed E-state index contributed by atoms with van der Waals surface area (Å²) in [5.41, 5.74) is 3.96. The Morgan fingerprint density at radius 2 is 1.96 bits per heavy atom. The van der Waals surface area contributed by atoms with Gasteiger partial charge >= 0.3 is 5.97 Å². The van der Waals surface area contributed by atoms with Gasteiger partial charge in [-0.2, -0.15) is 0 Å². The normalized spacial score (nSPS) is 14.9. The molecule has 2 aromatic carbocycles. The van der Waals surface area contributed by atoms with Crippen molar-refractivity contribution in [2.45, 2.75) is 31.7 Å². The fourth-order valence-electron chi connectivity index (χ4n) is 4.48. The molecule has 1 unspecified atom stereocenters. The number of carboxylic acid groups (broad SMARTS) is 1. The Kier molecular flexibility index (Phi) is 3.90. The number of carboxylic acids is 1. The highest BCUT2D eigenvalue weighted by Crippen LogP contribution is 2.39. The molecule has 5 nitrogen and oxygen atoms in total. The van der Waals surface area contributed by atoms with E-state index in [1.807, 2.05) is 53.1 Å². The third-order valence-corrected chi connectivity index (χ3v) is 5.72. The van der Waals surface area contributed by atoms with Gasteiger partial charge < -0.3 is 18.8 Å². The molecule has 28 heavy (non-hydrogen) atoms. The van der Waals surface area contributed by atoms with Crippen molar-refractivity contribution in [3.8, 4) is 5.75 Å². The Balaban J connectivity index is 1.78. The van der Waals surface area contributed by atoms with Gasteiger partial charge in [0.25, 0.3) is 0 Å². The molecule has 1 atom stereocenters. The first kappa shape index (κ1) is 16.9. The number of nitrogens with zero attached hydrogens (tertiary/aromatic N) is 1. The summed E-state index contributed by atoms with van der Waals surface area (Å²) in [6.45, 7) is 0. The average Bonchev–Trinajstić information content (AvgIpc) is 3.27. The van der Waals surface area contributed by atoms with Gasteiger partial charge in [-0.25, -0.2) is 4.79 Å². The number of hydrogen-bond acceptors (Lipinski definition) is 3. The molecule has 0 saturated heterocycles. The Labute approximate surface area is 162 Å². The molecule has 0 spiro atoms. The third-order valence-electron chi connectivity index (χ3n) is 5.72. The van der Waals surface area contributed by atoms with Crippen molar-refractivity contribution in [2.75, 3.05) is 7.11 Å². The lowest BCUT2D eigenvalue weighted by atomic mass is 9.95. The predicted molar refractivity (Wildman–Crippen MR) is 107 cm³/mol. The predicted octanol–water partition coefficient (Wildman–Crippen LogP) is 4.95. The average molecular weight is 375 g/mol. The lowest BCUT2D eigenvalue weighted by Crippen LogP contribution is -2.22. The van der Waals surface area contributed by atoms with E-state index in [0.717, 1.165) is 53.4 Å². The molecular weight excluding hydrogens is 354 g/mol. The fourth-order valence-corrected chi connectivity index (χ4v) is 4.48. The van der Waals surface area contributed by atoms with Gasteiger partial charge in [0.1, 0.15) is 17.1 Å². The molecule has 5 rings (SSSR count). The number of methoxy groups -OCH3 is 1. The summed E-state index contributed by atoms with van der Waals surface area (Å²) >= 11 is 0. The first-order valence-corrected chi connectivity index (χ1v) is 9.58. The van der Waals surface area contributed by atoms with E-state index in [9.17, 15) is 9.90 Å². The molecule has 1 aliphatic carbocycles. The summed E-state index contributed by atoms with van der Waals surface area (Å²) in [5.74, 6) is 0.323. The number of aromatic nitrogens is 1. The van der Waals surface area contributed by atoms with Gasteiger partial charge in [0, 0.05) is 22.0 Å². The van der Waals surface area contributed by atoms with Crippen LogP contribution in [0, 0.1) is 0 Å². The van der Waals surface area contributed by atoms with E-state index >= 15 is 0 Å². The maximum Gasteiger partial charge on any atom is 0.334 e. The summed E-state index contributed by atoms with van der Waals surface area (Å²) < 4.78 is 13.3. The first-order chi connectivity index (χ1) is 13.7. The van der Waals surface area contributed by atoms with Crippen molar-refractivity contribution in [3.63, 3.8) is 0 Å².